The van der Waals surface area contributed by atoms with E-state index in [0.29, 0.717) is 11.9 Å². The molecule has 0 amide bonds. The van der Waals surface area contributed by atoms with Gasteiger partial charge in [0.2, 0.25) is 11.7 Å². The van der Waals surface area contributed by atoms with E-state index in [1.165, 1.54) is 25.7 Å². The third-order valence-electron chi connectivity index (χ3n) is 4.32. The van der Waals surface area contributed by atoms with E-state index in [0.717, 1.165) is 36.3 Å². The molecule has 1 aliphatic heterocycles. The lowest BCUT2D eigenvalue weighted by Gasteiger charge is -2.21. The summed E-state index contributed by atoms with van der Waals surface area (Å²) in [6.45, 7) is 0.778. The second-order valence-corrected chi connectivity index (χ2v) is 6.77. The molecular weight excluding hydrogens is 274 g/mol. The second-order valence-electron chi connectivity index (χ2n) is 5.62. The monoisotopic (exact) mass is 297 g/mol. The van der Waals surface area contributed by atoms with Crippen molar-refractivity contribution in [2.45, 2.75) is 44.2 Å². The number of nitrogens with one attached hydrogen (secondary N) is 1. The zero-order chi connectivity index (χ0) is 13.8. The number of hydrogen-bond donors (Lipinski definition) is 1. The molecule has 2 fully saturated rings. The molecule has 1 N–H and O–H groups in total. The van der Waals surface area contributed by atoms with Gasteiger partial charge >= 0.3 is 0 Å². The van der Waals surface area contributed by atoms with Gasteiger partial charge in [-0.3, -0.25) is 0 Å². The molecule has 0 aromatic carbocycles. The summed E-state index contributed by atoms with van der Waals surface area (Å²) in [5, 5.41) is 7.52. The van der Waals surface area contributed by atoms with Crippen LogP contribution in [0.3, 0.4) is 0 Å². The van der Waals surface area contributed by atoms with E-state index in [4.69, 9.17) is 9.26 Å². The molecule has 0 spiro atoms. The van der Waals surface area contributed by atoms with Gasteiger partial charge in [0, 0.05) is 24.0 Å². The Morgan fingerprint density at radius 2 is 2.25 bits per heavy atom. The first-order valence-corrected chi connectivity index (χ1v) is 8.71. The standard InChI is InChI=1S/C14H23N3O2S/c1-15-11(10-4-2-3-5-10)8-13-16-14(17-19-13)12-9-20-7-6-18-12/h10-12,15H,2-9H2,1H3. The second kappa shape index (κ2) is 6.91. The first-order chi connectivity index (χ1) is 9.86. The maximum atomic E-state index is 5.69. The van der Waals surface area contributed by atoms with Gasteiger partial charge in [-0.1, -0.05) is 18.0 Å². The number of hydrogen-bond acceptors (Lipinski definition) is 6. The minimum atomic E-state index is 0.00534. The highest BCUT2D eigenvalue weighted by atomic mass is 32.2. The van der Waals surface area contributed by atoms with Crippen LogP contribution in [0.25, 0.3) is 0 Å². The molecule has 1 saturated carbocycles. The summed E-state index contributed by atoms with van der Waals surface area (Å²) < 4.78 is 11.1. The molecule has 2 atom stereocenters. The summed E-state index contributed by atoms with van der Waals surface area (Å²) >= 11 is 1.89. The molecular formula is C14H23N3O2S. The van der Waals surface area contributed by atoms with E-state index in [2.05, 4.69) is 15.5 Å². The van der Waals surface area contributed by atoms with Crippen LogP contribution in [0.2, 0.25) is 0 Å². The van der Waals surface area contributed by atoms with Crippen LogP contribution in [-0.2, 0) is 11.2 Å². The summed E-state index contributed by atoms with van der Waals surface area (Å²) in [5.41, 5.74) is 0. The van der Waals surface area contributed by atoms with Crippen LogP contribution in [0.1, 0.15) is 43.5 Å². The number of likely N-dealkylation sites (N-methyl/N-ethyl adjacent to an activating group) is 1. The van der Waals surface area contributed by atoms with Crippen molar-refractivity contribution >= 4 is 11.8 Å². The SMILES string of the molecule is CNC(Cc1nc(C2CSCCO2)no1)C1CCCC1. The van der Waals surface area contributed by atoms with Crippen LogP contribution < -0.4 is 5.32 Å². The summed E-state index contributed by atoms with van der Waals surface area (Å²) in [4.78, 5) is 4.54. The summed E-state index contributed by atoms with van der Waals surface area (Å²) in [5.74, 6) is 4.19. The average Bonchev–Trinajstić information content (AvgIpc) is 3.17. The summed E-state index contributed by atoms with van der Waals surface area (Å²) in [7, 11) is 2.03. The van der Waals surface area contributed by atoms with E-state index in [-0.39, 0.29) is 6.10 Å². The third kappa shape index (κ3) is 3.35. The van der Waals surface area contributed by atoms with Crippen molar-refractivity contribution in [2.75, 3.05) is 25.2 Å². The van der Waals surface area contributed by atoms with Gasteiger partial charge in [-0.2, -0.15) is 16.7 Å². The normalized spacial score (nSPS) is 25.9. The molecule has 2 aliphatic rings. The first-order valence-electron chi connectivity index (χ1n) is 7.56. The van der Waals surface area contributed by atoms with Gasteiger partial charge in [0.1, 0.15) is 6.10 Å². The molecule has 1 aromatic heterocycles. The number of nitrogens with zero attached hydrogens (tertiary/aromatic N) is 2. The molecule has 0 radical (unpaired) electrons. The first kappa shape index (κ1) is 14.4. The Kier molecular flexibility index (Phi) is 4.96. The van der Waals surface area contributed by atoms with Crippen LogP contribution in [-0.4, -0.2) is 41.3 Å². The zero-order valence-corrected chi connectivity index (χ0v) is 12.8. The Labute approximate surface area is 124 Å². The van der Waals surface area contributed by atoms with E-state index >= 15 is 0 Å². The quantitative estimate of drug-likeness (QED) is 0.899. The van der Waals surface area contributed by atoms with Gasteiger partial charge in [0.15, 0.2) is 0 Å². The number of ether oxygens (including phenoxy) is 1. The third-order valence-corrected chi connectivity index (χ3v) is 5.32. The fourth-order valence-corrected chi connectivity index (χ4v) is 4.01. The maximum Gasteiger partial charge on any atom is 0.228 e. The number of thioether (sulfide) groups is 1. The van der Waals surface area contributed by atoms with Crippen molar-refractivity contribution < 1.29 is 9.26 Å². The fourth-order valence-electron chi connectivity index (χ4n) is 3.17. The van der Waals surface area contributed by atoms with Crippen molar-refractivity contribution in [3.63, 3.8) is 0 Å². The predicted molar refractivity (Wildman–Crippen MR) is 78.8 cm³/mol. The van der Waals surface area contributed by atoms with Crippen LogP contribution in [0.4, 0.5) is 0 Å². The van der Waals surface area contributed by atoms with Crippen molar-refractivity contribution in [3.05, 3.63) is 11.7 Å². The Bertz CT molecular complexity index is 414. The Balaban J connectivity index is 1.60. The van der Waals surface area contributed by atoms with Crippen molar-refractivity contribution in [1.82, 2.24) is 15.5 Å². The van der Waals surface area contributed by atoms with Crippen molar-refractivity contribution in [2.24, 2.45) is 5.92 Å². The van der Waals surface area contributed by atoms with E-state index < -0.39 is 0 Å². The van der Waals surface area contributed by atoms with Crippen LogP contribution >= 0.6 is 11.8 Å². The van der Waals surface area contributed by atoms with Crippen molar-refractivity contribution in [3.8, 4) is 0 Å². The molecule has 6 heteroatoms. The Morgan fingerprint density at radius 3 is 2.95 bits per heavy atom. The highest BCUT2D eigenvalue weighted by Gasteiger charge is 2.27. The van der Waals surface area contributed by atoms with Gasteiger partial charge in [0.05, 0.1) is 6.61 Å². The highest BCUT2D eigenvalue weighted by Crippen LogP contribution is 2.29. The lowest BCUT2D eigenvalue weighted by Crippen LogP contribution is -2.34. The Morgan fingerprint density at radius 1 is 1.40 bits per heavy atom. The summed E-state index contributed by atoms with van der Waals surface area (Å²) in [6, 6.07) is 0.451. The average molecular weight is 297 g/mol. The predicted octanol–water partition coefficient (Wildman–Crippen LogP) is 2.19. The lowest BCUT2D eigenvalue weighted by molar-refractivity contribution is 0.0677. The molecule has 112 valence electrons. The molecule has 1 aliphatic carbocycles. The molecule has 0 bridgehead atoms. The summed E-state index contributed by atoms with van der Waals surface area (Å²) in [6.07, 6.45) is 6.17. The fraction of sp³-hybridized carbons (Fsp3) is 0.857. The van der Waals surface area contributed by atoms with Gasteiger partial charge in [-0.15, -0.1) is 0 Å². The largest absolute Gasteiger partial charge is 0.368 e. The van der Waals surface area contributed by atoms with Crippen LogP contribution in [0.15, 0.2) is 4.52 Å². The zero-order valence-electron chi connectivity index (χ0n) is 12.0. The molecule has 2 heterocycles. The molecule has 2 unspecified atom stereocenters. The molecule has 1 aromatic rings. The van der Waals surface area contributed by atoms with Gasteiger partial charge in [-0.25, -0.2) is 0 Å². The van der Waals surface area contributed by atoms with Gasteiger partial charge < -0.3 is 14.6 Å². The van der Waals surface area contributed by atoms with E-state index in [9.17, 15) is 0 Å². The van der Waals surface area contributed by atoms with Crippen molar-refractivity contribution in [1.29, 1.82) is 0 Å². The molecule has 1 saturated heterocycles. The van der Waals surface area contributed by atoms with Gasteiger partial charge in [0.25, 0.3) is 0 Å². The molecule has 3 rings (SSSR count). The number of aromatic nitrogens is 2. The van der Waals surface area contributed by atoms with Crippen LogP contribution in [0, 0.1) is 5.92 Å². The smallest absolute Gasteiger partial charge is 0.228 e. The Hall–Kier alpha value is -0.590. The highest BCUT2D eigenvalue weighted by molar-refractivity contribution is 7.99. The van der Waals surface area contributed by atoms with E-state index in [1.54, 1.807) is 0 Å². The topological polar surface area (TPSA) is 60.2 Å². The lowest BCUT2D eigenvalue weighted by atomic mass is 9.95. The minimum absolute atomic E-state index is 0.00534. The maximum absolute atomic E-state index is 5.69. The molecule has 20 heavy (non-hydrogen) atoms. The van der Waals surface area contributed by atoms with E-state index in [1.807, 2.05) is 18.8 Å². The van der Waals surface area contributed by atoms with Crippen LogP contribution in [0.5, 0.6) is 0 Å². The number of rotatable bonds is 5. The van der Waals surface area contributed by atoms with Gasteiger partial charge in [-0.05, 0) is 25.8 Å². The minimum Gasteiger partial charge on any atom is -0.368 e. The molecule has 5 nitrogen and oxygen atoms in total.